The molecule has 0 saturated carbocycles. The Morgan fingerprint density at radius 2 is 1.63 bits per heavy atom. The zero-order valence-corrected chi connectivity index (χ0v) is 22.7. The molecular weight excluding hydrogens is 530 g/mol. The number of carbonyl (C=O) groups excluding carboxylic acids is 1. The van der Waals surface area contributed by atoms with E-state index in [1.165, 1.54) is 41.7 Å². The van der Waals surface area contributed by atoms with Gasteiger partial charge in [-0.2, -0.15) is 4.31 Å². The number of hydrogen-bond donors (Lipinski definition) is 1. The first-order valence-corrected chi connectivity index (χ1v) is 14.7. The molecule has 0 bridgehead atoms. The zero-order chi connectivity index (χ0) is 27.3. The molecule has 1 heterocycles. The maximum atomic E-state index is 13.5. The van der Waals surface area contributed by atoms with E-state index >= 15 is 0 Å². The molecule has 4 rings (SSSR count). The van der Waals surface area contributed by atoms with Gasteiger partial charge in [0.2, 0.25) is 15.9 Å². The van der Waals surface area contributed by atoms with Crippen molar-refractivity contribution in [3.05, 3.63) is 78.4 Å². The number of methoxy groups -OCH3 is 1. The largest absolute Gasteiger partial charge is 0.495 e. The number of anilines is 2. The van der Waals surface area contributed by atoms with Crippen LogP contribution in [0.4, 0.5) is 11.4 Å². The predicted molar refractivity (Wildman–Crippen MR) is 143 cm³/mol. The number of benzene rings is 3. The summed E-state index contributed by atoms with van der Waals surface area (Å²) in [7, 11) is -6.64. The fourth-order valence-corrected chi connectivity index (χ4v) is 6.97. The summed E-state index contributed by atoms with van der Waals surface area (Å²) in [4.78, 5) is 13.1. The second-order valence-corrected chi connectivity index (χ2v) is 12.4. The number of ether oxygens (including phenoxy) is 2. The Kier molecular flexibility index (Phi) is 8.36. The third-order valence-electron chi connectivity index (χ3n) is 5.98. The third-order valence-corrected chi connectivity index (χ3v) is 9.68. The van der Waals surface area contributed by atoms with Gasteiger partial charge in [-0.25, -0.2) is 16.8 Å². The Morgan fingerprint density at radius 1 is 0.974 bits per heavy atom. The Hall–Kier alpha value is -3.45. The number of hydrogen-bond acceptors (Lipinski definition) is 7. The standard InChI is InChI=1S/C26H29N3O7S2/c1-20-8-11-23(12-9-20)37(31,32)29(22-6-4-3-5-7-22)19-26(30)27-21-10-13-24(35-2)25(18-21)38(33,34)28-14-16-36-17-15-28/h3-13,18H,14-17,19H2,1-2H3,(H,27,30). The normalized spacial score (nSPS) is 14.6. The van der Waals surface area contributed by atoms with Crippen molar-refractivity contribution >= 4 is 37.3 Å². The van der Waals surface area contributed by atoms with Crippen molar-refractivity contribution in [3.8, 4) is 5.75 Å². The highest BCUT2D eigenvalue weighted by Crippen LogP contribution is 2.30. The van der Waals surface area contributed by atoms with Crippen LogP contribution in [0.5, 0.6) is 5.75 Å². The fraction of sp³-hybridized carbons (Fsp3) is 0.269. The number of nitrogens with one attached hydrogen (secondary N) is 1. The van der Waals surface area contributed by atoms with Gasteiger partial charge in [0.15, 0.2) is 0 Å². The van der Waals surface area contributed by atoms with Crippen LogP contribution in [0.15, 0.2) is 82.6 Å². The SMILES string of the molecule is COc1ccc(NC(=O)CN(c2ccccc2)S(=O)(=O)c2ccc(C)cc2)cc1S(=O)(=O)N1CCOCC1. The lowest BCUT2D eigenvalue weighted by Crippen LogP contribution is -2.40. The summed E-state index contributed by atoms with van der Waals surface area (Å²) in [6, 6.07) is 18.9. The molecule has 3 aromatic rings. The van der Waals surface area contributed by atoms with Crippen LogP contribution in [0.1, 0.15) is 5.56 Å². The molecule has 1 amide bonds. The van der Waals surface area contributed by atoms with E-state index in [9.17, 15) is 21.6 Å². The first-order valence-electron chi connectivity index (χ1n) is 11.8. The van der Waals surface area contributed by atoms with Gasteiger partial charge in [0.05, 0.1) is 30.9 Å². The Morgan fingerprint density at radius 3 is 2.26 bits per heavy atom. The summed E-state index contributed by atoms with van der Waals surface area (Å²) in [6.07, 6.45) is 0. The second kappa shape index (κ2) is 11.5. The molecule has 1 aliphatic rings. The molecule has 0 unspecified atom stereocenters. The van der Waals surface area contributed by atoms with Gasteiger partial charge in [-0.15, -0.1) is 0 Å². The van der Waals surface area contributed by atoms with E-state index in [1.54, 1.807) is 42.5 Å². The molecule has 202 valence electrons. The smallest absolute Gasteiger partial charge is 0.264 e. The number of para-hydroxylation sites is 1. The highest BCUT2D eigenvalue weighted by atomic mass is 32.2. The van der Waals surface area contributed by atoms with Gasteiger partial charge in [-0.1, -0.05) is 35.9 Å². The third kappa shape index (κ3) is 5.99. The van der Waals surface area contributed by atoms with Gasteiger partial charge < -0.3 is 14.8 Å². The number of morpholine rings is 1. The van der Waals surface area contributed by atoms with E-state index in [2.05, 4.69) is 5.32 Å². The lowest BCUT2D eigenvalue weighted by molar-refractivity contribution is -0.114. The molecule has 1 N–H and O–H groups in total. The molecule has 3 aromatic carbocycles. The van der Waals surface area contributed by atoms with Gasteiger partial charge >= 0.3 is 0 Å². The lowest BCUT2D eigenvalue weighted by atomic mass is 10.2. The van der Waals surface area contributed by atoms with Crippen molar-refractivity contribution in [1.82, 2.24) is 4.31 Å². The van der Waals surface area contributed by atoms with Crippen molar-refractivity contribution < 1.29 is 31.1 Å². The average Bonchev–Trinajstić information content (AvgIpc) is 2.93. The number of aryl methyl sites for hydroxylation is 1. The number of amides is 1. The van der Waals surface area contributed by atoms with Crippen LogP contribution in [-0.4, -0.2) is 67.0 Å². The van der Waals surface area contributed by atoms with Crippen molar-refractivity contribution in [1.29, 1.82) is 0 Å². The number of nitrogens with zero attached hydrogens (tertiary/aromatic N) is 2. The van der Waals surface area contributed by atoms with E-state index in [0.717, 1.165) is 9.87 Å². The van der Waals surface area contributed by atoms with Crippen molar-refractivity contribution in [2.24, 2.45) is 0 Å². The quantitative estimate of drug-likeness (QED) is 0.428. The van der Waals surface area contributed by atoms with Gasteiger partial charge in [0, 0.05) is 18.8 Å². The maximum absolute atomic E-state index is 13.5. The minimum Gasteiger partial charge on any atom is -0.495 e. The molecule has 0 aromatic heterocycles. The first-order chi connectivity index (χ1) is 18.1. The number of carbonyl (C=O) groups is 1. The molecule has 1 fully saturated rings. The molecule has 1 aliphatic heterocycles. The Bertz CT molecular complexity index is 1490. The van der Waals surface area contributed by atoms with Crippen LogP contribution in [0.25, 0.3) is 0 Å². The lowest BCUT2D eigenvalue weighted by Gasteiger charge is -2.27. The average molecular weight is 560 g/mol. The minimum absolute atomic E-state index is 0.0445. The number of sulfonamides is 2. The summed E-state index contributed by atoms with van der Waals surface area (Å²) in [5.41, 5.74) is 1.40. The van der Waals surface area contributed by atoms with Gasteiger partial charge in [-0.3, -0.25) is 9.10 Å². The molecule has 38 heavy (non-hydrogen) atoms. The first kappa shape index (κ1) is 27.6. The minimum atomic E-state index is -4.08. The summed E-state index contributed by atoms with van der Waals surface area (Å²) >= 11 is 0. The highest BCUT2D eigenvalue weighted by molar-refractivity contribution is 7.92. The topological polar surface area (TPSA) is 122 Å². The van der Waals surface area contributed by atoms with Crippen molar-refractivity contribution in [3.63, 3.8) is 0 Å². The van der Waals surface area contributed by atoms with E-state index in [-0.39, 0.29) is 47.5 Å². The summed E-state index contributed by atoms with van der Waals surface area (Å²) in [5.74, 6) is -0.522. The molecule has 1 saturated heterocycles. The molecule has 0 aliphatic carbocycles. The van der Waals surface area contributed by atoms with E-state index < -0.39 is 32.5 Å². The monoisotopic (exact) mass is 559 g/mol. The summed E-state index contributed by atoms with van der Waals surface area (Å²) in [5, 5.41) is 2.63. The van der Waals surface area contributed by atoms with Gasteiger partial charge in [-0.05, 0) is 49.4 Å². The molecular formula is C26H29N3O7S2. The van der Waals surface area contributed by atoms with Gasteiger partial charge in [0.1, 0.15) is 17.2 Å². The Balaban J connectivity index is 1.62. The molecule has 0 spiro atoms. The van der Waals surface area contributed by atoms with Crippen molar-refractivity contribution in [2.45, 2.75) is 16.7 Å². The van der Waals surface area contributed by atoms with Crippen LogP contribution in [0.2, 0.25) is 0 Å². The zero-order valence-electron chi connectivity index (χ0n) is 21.0. The van der Waals surface area contributed by atoms with Crippen LogP contribution in [-0.2, 0) is 29.6 Å². The van der Waals surface area contributed by atoms with Crippen LogP contribution in [0.3, 0.4) is 0 Å². The maximum Gasteiger partial charge on any atom is 0.264 e. The van der Waals surface area contributed by atoms with E-state index in [1.807, 2.05) is 6.92 Å². The second-order valence-electron chi connectivity index (χ2n) is 8.59. The summed E-state index contributed by atoms with van der Waals surface area (Å²) in [6.45, 7) is 2.28. The summed E-state index contributed by atoms with van der Waals surface area (Å²) < 4.78 is 66.4. The van der Waals surface area contributed by atoms with Crippen molar-refractivity contribution in [2.75, 3.05) is 49.6 Å². The molecule has 0 radical (unpaired) electrons. The number of rotatable bonds is 9. The molecule has 10 nitrogen and oxygen atoms in total. The van der Waals surface area contributed by atoms with Crippen LogP contribution < -0.4 is 14.4 Å². The van der Waals surface area contributed by atoms with Crippen LogP contribution in [0, 0.1) is 6.92 Å². The van der Waals surface area contributed by atoms with E-state index in [4.69, 9.17) is 9.47 Å². The van der Waals surface area contributed by atoms with E-state index in [0.29, 0.717) is 5.69 Å². The highest BCUT2D eigenvalue weighted by Gasteiger charge is 2.30. The molecule has 12 heteroatoms. The molecule has 0 atom stereocenters. The predicted octanol–water partition coefficient (Wildman–Crippen LogP) is 2.86. The van der Waals surface area contributed by atoms with Crippen LogP contribution >= 0.6 is 0 Å². The van der Waals surface area contributed by atoms with Gasteiger partial charge in [0.25, 0.3) is 10.0 Å². The Labute approximate surface area is 222 Å². The fourth-order valence-electron chi connectivity index (χ4n) is 3.96.